The molecule has 1 aliphatic rings. The van der Waals surface area contributed by atoms with Gasteiger partial charge in [0, 0.05) is 18.3 Å². The molecule has 1 nitrogen and oxygen atoms in total. The molecule has 0 saturated carbocycles. The standard InChI is InChI=1S/C19H23NS/c1-2-6-17(7-3-1)18-11-9-16(10-12-18)14-20-15-19-8-4-5-13-21-19/h1-3,6-7,9-12,19-20H,4-5,8,13-15H2. The van der Waals surface area contributed by atoms with E-state index in [-0.39, 0.29) is 0 Å². The fourth-order valence-electron chi connectivity index (χ4n) is 2.79. The smallest absolute Gasteiger partial charge is 0.0205 e. The lowest BCUT2D eigenvalue weighted by atomic mass is 10.0. The molecule has 0 radical (unpaired) electrons. The molecule has 2 aromatic rings. The molecule has 1 saturated heterocycles. The van der Waals surface area contributed by atoms with E-state index in [1.54, 1.807) is 0 Å². The summed E-state index contributed by atoms with van der Waals surface area (Å²) in [6.45, 7) is 2.12. The maximum Gasteiger partial charge on any atom is 0.0205 e. The number of rotatable bonds is 5. The van der Waals surface area contributed by atoms with Crippen LogP contribution in [-0.2, 0) is 6.54 Å². The van der Waals surface area contributed by atoms with Crippen LogP contribution in [0, 0.1) is 0 Å². The maximum atomic E-state index is 3.61. The van der Waals surface area contributed by atoms with Crippen LogP contribution in [0.25, 0.3) is 11.1 Å². The van der Waals surface area contributed by atoms with Gasteiger partial charge in [-0.25, -0.2) is 0 Å². The topological polar surface area (TPSA) is 12.0 Å². The maximum absolute atomic E-state index is 3.61. The lowest BCUT2D eigenvalue weighted by molar-refractivity contribution is 0.598. The molecule has 110 valence electrons. The Labute approximate surface area is 132 Å². The molecule has 0 aromatic heterocycles. The largest absolute Gasteiger partial charge is 0.312 e. The summed E-state index contributed by atoms with van der Waals surface area (Å²) in [6, 6.07) is 19.5. The monoisotopic (exact) mass is 297 g/mol. The Morgan fingerprint density at radius 1 is 0.905 bits per heavy atom. The van der Waals surface area contributed by atoms with E-state index in [2.05, 4.69) is 71.7 Å². The fraction of sp³-hybridized carbons (Fsp3) is 0.368. The minimum absolute atomic E-state index is 0.822. The highest BCUT2D eigenvalue weighted by Crippen LogP contribution is 2.24. The molecule has 21 heavy (non-hydrogen) atoms. The minimum atomic E-state index is 0.822. The zero-order chi connectivity index (χ0) is 14.3. The Morgan fingerprint density at radius 2 is 1.67 bits per heavy atom. The van der Waals surface area contributed by atoms with Crippen molar-refractivity contribution in [1.29, 1.82) is 0 Å². The van der Waals surface area contributed by atoms with Crippen LogP contribution >= 0.6 is 11.8 Å². The van der Waals surface area contributed by atoms with Gasteiger partial charge < -0.3 is 5.32 Å². The van der Waals surface area contributed by atoms with Gasteiger partial charge in [0.25, 0.3) is 0 Å². The summed E-state index contributed by atoms with van der Waals surface area (Å²) in [7, 11) is 0. The molecule has 0 aliphatic carbocycles. The molecule has 2 heteroatoms. The third kappa shape index (κ3) is 4.36. The molecule has 1 aliphatic heterocycles. The van der Waals surface area contributed by atoms with Crippen molar-refractivity contribution in [2.75, 3.05) is 12.3 Å². The molecular formula is C19H23NS. The quantitative estimate of drug-likeness (QED) is 0.856. The molecule has 1 atom stereocenters. The fourth-order valence-corrected chi connectivity index (χ4v) is 4.06. The van der Waals surface area contributed by atoms with Gasteiger partial charge in [-0.15, -0.1) is 0 Å². The van der Waals surface area contributed by atoms with Crippen molar-refractivity contribution < 1.29 is 0 Å². The Morgan fingerprint density at radius 3 is 2.38 bits per heavy atom. The van der Waals surface area contributed by atoms with Crippen LogP contribution in [0.1, 0.15) is 24.8 Å². The SMILES string of the molecule is c1ccc(-c2ccc(CNCC3CCCCS3)cc2)cc1. The van der Waals surface area contributed by atoms with Gasteiger partial charge in [-0.3, -0.25) is 0 Å². The van der Waals surface area contributed by atoms with E-state index < -0.39 is 0 Å². The van der Waals surface area contributed by atoms with Crippen LogP contribution < -0.4 is 5.32 Å². The lowest BCUT2D eigenvalue weighted by Crippen LogP contribution is -2.26. The molecule has 3 rings (SSSR count). The first-order valence-electron chi connectivity index (χ1n) is 7.88. The third-order valence-electron chi connectivity index (χ3n) is 4.04. The normalized spacial score (nSPS) is 18.6. The van der Waals surface area contributed by atoms with Crippen molar-refractivity contribution in [1.82, 2.24) is 5.32 Å². The zero-order valence-corrected chi connectivity index (χ0v) is 13.2. The highest BCUT2D eigenvalue weighted by Gasteiger charge is 2.12. The van der Waals surface area contributed by atoms with Crippen LogP contribution in [0.2, 0.25) is 0 Å². The average Bonchev–Trinajstić information content (AvgIpc) is 2.57. The van der Waals surface area contributed by atoms with Crippen molar-refractivity contribution in [2.45, 2.75) is 31.1 Å². The van der Waals surface area contributed by atoms with Crippen molar-refractivity contribution >= 4 is 11.8 Å². The summed E-state index contributed by atoms with van der Waals surface area (Å²) in [5.74, 6) is 1.35. The molecular weight excluding hydrogens is 274 g/mol. The molecule has 0 amide bonds. The summed E-state index contributed by atoms with van der Waals surface area (Å²) in [6.07, 6.45) is 4.19. The number of hydrogen-bond acceptors (Lipinski definition) is 2. The van der Waals surface area contributed by atoms with Gasteiger partial charge in [0.1, 0.15) is 0 Å². The summed E-state index contributed by atoms with van der Waals surface area (Å²) < 4.78 is 0. The van der Waals surface area contributed by atoms with Gasteiger partial charge in [-0.1, -0.05) is 61.0 Å². The number of nitrogens with one attached hydrogen (secondary N) is 1. The zero-order valence-electron chi connectivity index (χ0n) is 12.4. The summed E-state index contributed by atoms with van der Waals surface area (Å²) in [5, 5.41) is 4.43. The number of thioether (sulfide) groups is 1. The van der Waals surface area contributed by atoms with Crippen molar-refractivity contribution in [3.05, 3.63) is 60.2 Å². The molecule has 0 spiro atoms. The van der Waals surface area contributed by atoms with Gasteiger partial charge in [-0.05, 0) is 35.3 Å². The molecule has 1 N–H and O–H groups in total. The Bertz CT molecular complexity index is 529. The highest BCUT2D eigenvalue weighted by atomic mass is 32.2. The number of hydrogen-bond donors (Lipinski definition) is 1. The molecule has 2 aromatic carbocycles. The highest BCUT2D eigenvalue weighted by molar-refractivity contribution is 7.99. The van der Waals surface area contributed by atoms with Crippen molar-refractivity contribution in [2.24, 2.45) is 0 Å². The first kappa shape index (κ1) is 14.7. The van der Waals surface area contributed by atoms with E-state index in [4.69, 9.17) is 0 Å². The predicted molar refractivity (Wildman–Crippen MR) is 93.7 cm³/mol. The predicted octanol–water partition coefficient (Wildman–Crippen LogP) is 4.73. The van der Waals surface area contributed by atoms with E-state index in [9.17, 15) is 0 Å². The summed E-state index contributed by atoms with van der Waals surface area (Å²) in [4.78, 5) is 0. The van der Waals surface area contributed by atoms with Gasteiger partial charge in [0.2, 0.25) is 0 Å². The van der Waals surface area contributed by atoms with Crippen LogP contribution in [-0.4, -0.2) is 17.5 Å². The molecule has 1 fully saturated rings. The molecule has 0 bridgehead atoms. The second kappa shape index (κ2) is 7.67. The van der Waals surface area contributed by atoms with E-state index in [1.807, 2.05) is 0 Å². The van der Waals surface area contributed by atoms with E-state index in [1.165, 1.54) is 41.7 Å². The first-order chi connectivity index (χ1) is 10.4. The Balaban J connectivity index is 1.50. The second-order valence-electron chi connectivity index (χ2n) is 5.68. The summed E-state index contributed by atoms with van der Waals surface area (Å²) >= 11 is 2.14. The van der Waals surface area contributed by atoms with Crippen LogP contribution in [0.5, 0.6) is 0 Å². The van der Waals surface area contributed by atoms with Crippen molar-refractivity contribution in [3.63, 3.8) is 0 Å². The van der Waals surface area contributed by atoms with Crippen LogP contribution in [0.3, 0.4) is 0 Å². The Hall–Kier alpha value is -1.25. The Kier molecular flexibility index (Phi) is 5.36. The minimum Gasteiger partial charge on any atom is -0.312 e. The van der Waals surface area contributed by atoms with E-state index in [0.29, 0.717) is 0 Å². The number of benzene rings is 2. The van der Waals surface area contributed by atoms with Crippen molar-refractivity contribution in [3.8, 4) is 11.1 Å². The second-order valence-corrected chi connectivity index (χ2v) is 7.09. The summed E-state index contributed by atoms with van der Waals surface area (Å²) in [5.41, 5.74) is 3.95. The molecule has 1 heterocycles. The van der Waals surface area contributed by atoms with Gasteiger partial charge in [-0.2, -0.15) is 11.8 Å². The van der Waals surface area contributed by atoms with Gasteiger partial charge in [0.15, 0.2) is 0 Å². The average molecular weight is 297 g/mol. The first-order valence-corrected chi connectivity index (χ1v) is 8.93. The van der Waals surface area contributed by atoms with Gasteiger partial charge >= 0.3 is 0 Å². The van der Waals surface area contributed by atoms with E-state index >= 15 is 0 Å². The van der Waals surface area contributed by atoms with Crippen LogP contribution in [0.4, 0.5) is 0 Å². The molecule has 1 unspecified atom stereocenters. The lowest BCUT2D eigenvalue weighted by Gasteiger charge is -2.21. The van der Waals surface area contributed by atoms with Gasteiger partial charge in [0.05, 0.1) is 0 Å². The van der Waals surface area contributed by atoms with Crippen LogP contribution in [0.15, 0.2) is 54.6 Å². The third-order valence-corrected chi connectivity index (χ3v) is 5.43. The van der Waals surface area contributed by atoms with E-state index in [0.717, 1.165) is 18.3 Å².